The highest BCUT2D eigenvalue weighted by molar-refractivity contribution is 5.94. The van der Waals surface area contributed by atoms with E-state index in [0.717, 1.165) is 44.7 Å². The number of nitrogens with one attached hydrogen (secondary N) is 1. The highest BCUT2D eigenvalue weighted by atomic mass is 16.2. The Balaban J connectivity index is 2.71. The Hall–Kier alpha value is -1.58. The highest BCUT2D eigenvalue weighted by Gasteiger charge is 2.17. The van der Waals surface area contributed by atoms with Crippen molar-refractivity contribution in [2.75, 3.05) is 25.0 Å². The van der Waals surface area contributed by atoms with Gasteiger partial charge in [-0.3, -0.25) is 4.79 Å². The van der Waals surface area contributed by atoms with Gasteiger partial charge in [0.2, 0.25) is 0 Å². The zero-order chi connectivity index (χ0) is 15.7. The van der Waals surface area contributed by atoms with E-state index in [2.05, 4.69) is 31.1 Å². The Labute approximate surface area is 129 Å². The van der Waals surface area contributed by atoms with Crippen LogP contribution < -0.4 is 5.32 Å². The van der Waals surface area contributed by atoms with Crippen LogP contribution in [-0.2, 0) is 0 Å². The molecule has 1 rings (SSSR count). The van der Waals surface area contributed by atoms with Gasteiger partial charge in [0, 0.05) is 25.8 Å². The number of carbonyl (C=O) groups is 1. The second kappa shape index (κ2) is 9.37. The predicted molar refractivity (Wildman–Crippen MR) is 88.7 cm³/mol. The van der Waals surface area contributed by atoms with Gasteiger partial charge in [0.1, 0.15) is 5.82 Å². The van der Waals surface area contributed by atoms with E-state index >= 15 is 0 Å². The van der Waals surface area contributed by atoms with Crippen molar-refractivity contribution in [1.29, 1.82) is 0 Å². The summed E-state index contributed by atoms with van der Waals surface area (Å²) in [6, 6.07) is 3.75. The van der Waals surface area contributed by atoms with Crippen LogP contribution in [0.2, 0.25) is 0 Å². The Kier molecular flexibility index (Phi) is 7.80. The molecule has 0 aliphatic heterocycles. The smallest absolute Gasteiger partial charge is 0.255 e. The van der Waals surface area contributed by atoms with Gasteiger partial charge in [0.05, 0.1) is 5.56 Å². The van der Waals surface area contributed by atoms with Gasteiger partial charge >= 0.3 is 0 Å². The molecule has 118 valence electrons. The van der Waals surface area contributed by atoms with Crippen molar-refractivity contribution in [3.05, 3.63) is 23.9 Å². The van der Waals surface area contributed by atoms with Crippen molar-refractivity contribution in [2.45, 2.75) is 47.0 Å². The van der Waals surface area contributed by atoms with Gasteiger partial charge in [-0.15, -0.1) is 0 Å². The standard InChI is InChI=1S/C17H29N3O/c1-5-11-18-16-10-9-15(12-19-16)17(21)20(8-4)13-14(6-2)7-3/h9-10,12,14H,5-8,11,13H2,1-4H3,(H,18,19). The third-order valence-electron chi connectivity index (χ3n) is 3.87. The molecule has 1 amide bonds. The third-order valence-corrected chi connectivity index (χ3v) is 3.87. The van der Waals surface area contributed by atoms with Crippen LogP contribution in [0.1, 0.15) is 57.3 Å². The summed E-state index contributed by atoms with van der Waals surface area (Å²) in [6.07, 6.45) is 4.95. The molecule has 0 spiro atoms. The molecule has 0 saturated heterocycles. The Morgan fingerprint density at radius 1 is 1.24 bits per heavy atom. The molecule has 0 unspecified atom stereocenters. The lowest BCUT2D eigenvalue weighted by Crippen LogP contribution is -2.35. The number of amides is 1. The molecule has 0 fully saturated rings. The minimum atomic E-state index is 0.0824. The lowest BCUT2D eigenvalue weighted by molar-refractivity contribution is 0.0734. The molecular weight excluding hydrogens is 262 g/mol. The van der Waals surface area contributed by atoms with Crippen LogP contribution in [0.3, 0.4) is 0 Å². The van der Waals surface area contributed by atoms with Crippen LogP contribution in [0.15, 0.2) is 18.3 Å². The van der Waals surface area contributed by atoms with Crippen molar-refractivity contribution in [1.82, 2.24) is 9.88 Å². The van der Waals surface area contributed by atoms with Crippen LogP contribution in [-0.4, -0.2) is 35.4 Å². The first-order valence-electron chi connectivity index (χ1n) is 8.15. The highest BCUT2D eigenvalue weighted by Crippen LogP contribution is 2.13. The summed E-state index contributed by atoms with van der Waals surface area (Å²) in [6.45, 7) is 11.0. The van der Waals surface area contributed by atoms with E-state index in [1.165, 1.54) is 0 Å². The first-order chi connectivity index (χ1) is 10.2. The first-order valence-corrected chi connectivity index (χ1v) is 8.15. The van der Waals surface area contributed by atoms with Crippen LogP contribution in [0.4, 0.5) is 5.82 Å². The lowest BCUT2D eigenvalue weighted by Gasteiger charge is -2.25. The zero-order valence-electron chi connectivity index (χ0n) is 13.9. The fourth-order valence-corrected chi connectivity index (χ4v) is 2.27. The third kappa shape index (κ3) is 5.37. The van der Waals surface area contributed by atoms with Gasteiger partial charge < -0.3 is 10.2 Å². The topological polar surface area (TPSA) is 45.2 Å². The minimum Gasteiger partial charge on any atom is -0.370 e. The molecule has 4 nitrogen and oxygen atoms in total. The summed E-state index contributed by atoms with van der Waals surface area (Å²) in [7, 11) is 0. The van der Waals surface area contributed by atoms with Crippen molar-refractivity contribution in [2.24, 2.45) is 5.92 Å². The van der Waals surface area contributed by atoms with Gasteiger partial charge in [-0.2, -0.15) is 0 Å². The molecule has 0 bridgehead atoms. The number of anilines is 1. The molecule has 1 aromatic rings. The molecule has 0 aliphatic carbocycles. The Bertz CT molecular complexity index is 413. The number of nitrogens with zero attached hydrogens (tertiary/aromatic N) is 2. The maximum absolute atomic E-state index is 12.5. The summed E-state index contributed by atoms with van der Waals surface area (Å²) in [5, 5.41) is 3.22. The SMILES string of the molecule is CCCNc1ccc(C(=O)N(CC)CC(CC)CC)cn1. The monoisotopic (exact) mass is 291 g/mol. The summed E-state index contributed by atoms with van der Waals surface area (Å²) in [5.41, 5.74) is 0.671. The van der Waals surface area contributed by atoms with Gasteiger partial charge in [-0.1, -0.05) is 33.6 Å². The largest absolute Gasteiger partial charge is 0.370 e. The van der Waals surface area contributed by atoms with Crippen molar-refractivity contribution in [3.8, 4) is 0 Å². The second-order valence-corrected chi connectivity index (χ2v) is 5.39. The Morgan fingerprint density at radius 2 is 1.95 bits per heavy atom. The number of carbonyl (C=O) groups excluding carboxylic acids is 1. The number of aromatic nitrogens is 1. The molecule has 0 saturated carbocycles. The molecule has 0 radical (unpaired) electrons. The molecule has 1 N–H and O–H groups in total. The van der Waals surface area contributed by atoms with Crippen LogP contribution in [0, 0.1) is 5.92 Å². The number of hydrogen-bond donors (Lipinski definition) is 1. The van der Waals surface area contributed by atoms with E-state index in [1.54, 1.807) is 6.20 Å². The summed E-state index contributed by atoms with van der Waals surface area (Å²) < 4.78 is 0. The Morgan fingerprint density at radius 3 is 2.43 bits per heavy atom. The summed E-state index contributed by atoms with van der Waals surface area (Å²) >= 11 is 0. The fraction of sp³-hybridized carbons (Fsp3) is 0.647. The van der Waals surface area contributed by atoms with Gasteiger partial charge in [0.25, 0.3) is 5.91 Å². The summed E-state index contributed by atoms with van der Waals surface area (Å²) in [5.74, 6) is 1.49. The van der Waals surface area contributed by atoms with E-state index in [0.29, 0.717) is 11.5 Å². The molecular formula is C17H29N3O. The van der Waals surface area contributed by atoms with Crippen molar-refractivity contribution < 1.29 is 4.79 Å². The van der Waals surface area contributed by atoms with E-state index < -0.39 is 0 Å². The van der Waals surface area contributed by atoms with E-state index in [-0.39, 0.29) is 5.91 Å². The van der Waals surface area contributed by atoms with Crippen molar-refractivity contribution in [3.63, 3.8) is 0 Å². The zero-order valence-corrected chi connectivity index (χ0v) is 13.9. The van der Waals surface area contributed by atoms with E-state index in [1.807, 2.05) is 24.0 Å². The average molecular weight is 291 g/mol. The van der Waals surface area contributed by atoms with Crippen LogP contribution in [0.25, 0.3) is 0 Å². The predicted octanol–water partition coefficient (Wildman–Crippen LogP) is 3.80. The molecule has 21 heavy (non-hydrogen) atoms. The molecule has 4 heteroatoms. The number of pyridine rings is 1. The molecule has 0 atom stereocenters. The fourth-order valence-electron chi connectivity index (χ4n) is 2.27. The maximum atomic E-state index is 12.5. The average Bonchev–Trinajstić information content (AvgIpc) is 2.54. The summed E-state index contributed by atoms with van der Waals surface area (Å²) in [4.78, 5) is 18.8. The van der Waals surface area contributed by atoms with E-state index in [9.17, 15) is 4.79 Å². The van der Waals surface area contributed by atoms with Gasteiger partial charge in [0.15, 0.2) is 0 Å². The minimum absolute atomic E-state index is 0.0824. The lowest BCUT2D eigenvalue weighted by atomic mass is 10.0. The maximum Gasteiger partial charge on any atom is 0.255 e. The number of hydrogen-bond acceptors (Lipinski definition) is 3. The van der Waals surface area contributed by atoms with Gasteiger partial charge in [-0.25, -0.2) is 4.98 Å². The van der Waals surface area contributed by atoms with Crippen LogP contribution in [0.5, 0.6) is 0 Å². The first kappa shape index (κ1) is 17.5. The van der Waals surface area contributed by atoms with Crippen LogP contribution >= 0.6 is 0 Å². The molecule has 0 aliphatic rings. The molecule has 1 aromatic heterocycles. The molecule has 0 aromatic carbocycles. The quantitative estimate of drug-likeness (QED) is 0.752. The van der Waals surface area contributed by atoms with Crippen molar-refractivity contribution >= 4 is 11.7 Å². The van der Waals surface area contributed by atoms with Gasteiger partial charge in [-0.05, 0) is 31.4 Å². The normalized spacial score (nSPS) is 10.7. The number of rotatable bonds is 9. The second-order valence-electron chi connectivity index (χ2n) is 5.39. The molecule has 1 heterocycles. The van der Waals surface area contributed by atoms with E-state index in [4.69, 9.17) is 0 Å².